The standard InChI is InChI=1S/C14H20N2S/c1-10-8-13(12(3)16(10)4)9-15-11(2)14-6-5-7-17-14/h5-8,11,15H,9H2,1-4H3. The van der Waals surface area contributed by atoms with Crippen LogP contribution in [0.2, 0.25) is 0 Å². The largest absolute Gasteiger partial charge is 0.352 e. The van der Waals surface area contributed by atoms with Crippen LogP contribution in [-0.2, 0) is 13.6 Å². The van der Waals surface area contributed by atoms with Gasteiger partial charge in [-0.1, -0.05) is 6.07 Å². The molecule has 17 heavy (non-hydrogen) atoms. The van der Waals surface area contributed by atoms with Crippen molar-refractivity contribution in [2.45, 2.75) is 33.4 Å². The van der Waals surface area contributed by atoms with E-state index in [1.54, 1.807) is 0 Å². The Balaban J connectivity index is 2.00. The van der Waals surface area contributed by atoms with Crippen molar-refractivity contribution in [3.05, 3.63) is 45.4 Å². The Kier molecular flexibility index (Phi) is 3.69. The van der Waals surface area contributed by atoms with Crippen LogP contribution in [0, 0.1) is 13.8 Å². The predicted molar refractivity (Wildman–Crippen MR) is 74.5 cm³/mol. The van der Waals surface area contributed by atoms with Crippen LogP contribution in [0.15, 0.2) is 23.6 Å². The van der Waals surface area contributed by atoms with Gasteiger partial charge in [0.15, 0.2) is 0 Å². The molecule has 0 aliphatic heterocycles. The Labute approximate surface area is 107 Å². The van der Waals surface area contributed by atoms with Crippen LogP contribution in [0.25, 0.3) is 0 Å². The van der Waals surface area contributed by atoms with Crippen LogP contribution in [-0.4, -0.2) is 4.57 Å². The first-order chi connectivity index (χ1) is 8.09. The average molecular weight is 248 g/mol. The molecule has 0 aliphatic carbocycles. The molecule has 3 heteroatoms. The summed E-state index contributed by atoms with van der Waals surface area (Å²) in [5, 5.41) is 5.71. The lowest BCUT2D eigenvalue weighted by Crippen LogP contribution is -2.17. The SMILES string of the molecule is Cc1cc(CNC(C)c2cccs2)c(C)n1C. The monoisotopic (exact) mass is 248 g/mol. The third kappa shape index (κ3) is 2.61. The van der Waals surface area contributed by atoms with Gasteiger partial charge in [-0.25, -0.2) is 0 Å². The van der Waals surface area contributed by atoms with E-state index in [0.29, 0.717) is 6.04 Å². The molecule has 0 radical (unpaired) electrons. The van der Waals surface area contributed by atoms with Crippen molar-refractivity contribution in [2.75, 3.05) is 0 Å². The predicted octanol–water partition coefficient (Wildman–Crippen LogP) is 3.55. The molecule has 0 bridgehead atoms. The molecule has 0 saturated carbocycles. The van der Waals surface area contributed by atoms with E-state index in [9.17, 15) is 0 Å². The van der Waals surface area contributed by atoms with Crippen molar-refractivity contribution in [1.29, 1.82) is 0 Å². The first-order valence-corrected chi connectivity index (χ1v) is 6.86. The number of aromatic nitrogens is 1. The Hall–Kier alpha value is -1.06. The van der Waals surface area contributed by atoms with Gasteiger partial charge in [-0.15, -0.1) is 11.3 Å². The van der Waals surface area contributed by atoms with Crippen molar-refractivity contribution in [1.82, 2.24) is 9.88 Å². The third-order valence-corrected chi connectivity index (χ3v) is 4.50. The lowest BCUT2D eigenvalue weighted by atomic mass is 10.2. The second kappa shape index (κ2) is 5.07. The highest BCUT2D eigenvalue weighted by molar-refractivity contribution is 7.10. The molecule has 1 unspecified atom stereocenters. The highest BCUT2D eigenvalue weighted by Gasteiger charge is 2.09. The Morgan fingerprint density at radius 1 is 1.41 bits per heavy atom. The summed E-state index contributed by atoms with van der Waals surface area (Å²) >= 11 is 1.81. The summed E-state index contributed by atoms with van der Waals surface area (Å²) in [6.07, 6.45) is 0. The zero-order valence-corrected chi connectivity index (χ0v) is 11.8. The van der Waals surface area contributed by atoms with Gasteiger partial charge in [0.05, 0.1) is 0 Å². The summed E-state index contributed by atoms with van der Waals surface area (Å²) in [5.41, 5.74) is 4.07. The van der Waals surface area contributed by atoms with Gasteiger partial charge < -0.3 is 9.88 Å². The number of nitrogens with one attached hydrogen (secondary N) is 1. The van der Waals surface area contributed by atoms with Crippen LogP contribution >= 0.6 is 11.3 Å². The van der Waals surface area contributed by atoms with E-state index >= 15 is 0 Å². The van der Waals surface area contributed by atoms with Crippen LogP contribution in [0.5, 0.6) is 0 Å². The molecule has 0 aromatic carbocycles. The van der Waals surface area contributed by atoms with E-state index in [-0.39, 0.29) is 0 Å². The Morgan fingerprint density at radius 3 is 2.71 bits per heavy atom. The number of rotatable bonds is 4. The summed E-state index contributed by atoms with van der Waals surface area (Å²) < 4.78 is 2.24. The molecule has 1 N–H and O–H groups in total. The van der Waals surface area contributed by atoms with E-state index in [4.69, 9.17) is 0 Å². The van der Waals surface area contributed by atoms with E-state index in [1.807, 2.05) is 11.3 Å². The molecule has 1 atom stereocenters. The average Bonchev–Trinajstić information content (AvgIpc) is 2.91. The van der Waals surface area contributed by atoms with Crippen LogP contribution in [0.3, 0.4) is 0 Å². The lowest BCUT2D eigenvalue weighted by molar-refractivity contribution is 0.580. The van der Waals surface area contributed by atoms with Crippen LogP contribution in [0.1, 0.15) is 34.8 Å². The van der Waals surface area contributed by atoms with Crippen molar-refractivity contribution in [3.8, 4) is 0 Å². The smallest absolute Gasteiger partial charge is 0.0388 e. The molecule has 0 spiro atoms. The van der Waals surface area contributed by atoms with Crippen molar-refractivity contribution >= 4 is 11.3 Å². The lowest BCUT2D eigenvalue weighted by Gasteiger charge is -2.12. The molecule has 0 aliphatic rings. The number of hydrogen-bond donors (Lipinski definition) is 1. The highest BCUT2D eigenvalue weighted by Crippen LogP contribution is 2.19. The molecule has 2 rings (SSSR count). The maximum absolute atomic E-state index is 3.58. The minimum absolute atomic E-state index is 0.426. The van der Waals surface area contributed by atoms with E-state index < -0.39 is 0 Å². The number of hydrogen-bond acceptors (Lipinski definition) is 2. The molecular formula is C14H20N2S. The number of thiophene rings is 1. The molecule has 2 nitrogen and oxygen atoms in total. The quantitative estimate of drug-likeness (QED) is 0.875. The maximum atomic E-state index is 3.58. The molecule has 2 aromatic heterocycles. The van der Waals surface area contributed by atoms with Crippen LogP contribution in [0.4, 0.5) is 0 Å². The minimum Gasteiger partial charge on any atom is -0.352 e. The summed E-state index contributed by atoms with van der Waals surface area (Å²) in [5.74, 6) is 0. The van der Waals surface area contributed by atoms with Crippen molar-refractivity contribution in [2.24, 2.45) is 7.05 Å². The van der Waals surface area contributed by atoms with Crippen molar-refractivity contribution < 1.29 is 0 Å². The van der Waals surface area contributed by atoms with E-state index in [1.165, 1.54) is 21.8 Å². The minimum atomic E-state index is 0.426. The highest BCUT2D eigenvalue weighted by atomic mass is 32.1. The summed E-state index contributed by atoms with van der Waals surface area (Å²) in [4.78, 5) is 1.40. The van der Waals surface area contributed by atoms with E-state index in [0.717, 1.165) is 6.54 Å². The maximum Gasteiger partial charge on any atom is 0.0388 e. The molecule has 92 valence electrons. The normalized spacial score (nSPS) is 12.9. The molecular weight excluding hydrogens is 228 g/mol. The van der Waals surface area contributed by atoms with Crippen LogP contribution < -0.4 is 5.32 Å². The van der Waals surface area contributed by atoms with Gasteiger partial charge in [0.25, 0.3) is 0 Å². The number of aryl methyl sites for hydroxylation is 1. The Bertz CT molecular complexity index is 483. The molecule has 0 fully saturated rings. The van der Waals surface area contributed by atoms with E-state index in [2.05, 4.69) is 61.3 Å². The zero-order valence-electron chi connectivity index (χ0n) is 10.9. The van der Waals surface area contributed by atoms with Gasteiger partial charge in [-0.05, 0) is 43.8 Å². The van der Waals surface area contributed by atoms with Crippen molar-refractivity contribution in [3.63, 3.8) is 0 Å². The summed E-state index contributed by atoms with van der Waals surface area (Å²) in [6.45, 7) is 7.49. The van der Waals surface area contributed by atoms with Gasteiger partial charge >= 0.3 is 0 Å². The molecule has 0 amide bonds. The fourth-order valence-corrected chi connectivity index (χ4v) is 2.77. The first kappa shape index (κ1) is 12.4. The molecule has 0 saturated heterocycles. The van der Waals surface area contributed by atoms with Gasteiger partial charge in [0, 0.05) is 35.9 Å². The van der Waals surface area contributed by atoms with Gasteiger partial charge in [0.2, 0.25) is 0 Å². The first-order valence-electron chi connectivity index (χ1n) is 5.98. The molecule has 2 heterocycles. The molecule has 2 aromatic rings. The third-order valence-electron chi connectivity index (χ3n) is 3.45. The second-order valence-electron chi connectivity index (χ2n) is 4.57. The fraction of sp³-hybridized carbons (Fsp3) is 0.429. The zero-order chi connectivity index (χ0) is 12.4. The van der Waals surface area contributed by atoms with Gasteiger partial charge in [-0.2, -0.15) is 0 Å². The summed E-state index contributed by atoms with van der Waals surface area (Å²) in [7, 11) is 2.12. The second-order valence-corrected chi connectivity index (χ2v) is 5.55. The summed E-state index contributed by atoms with van der Waals surface area (Å²) in [6, 6.07) is 6.99. The Morgan fingerprint density at radius 2 is 2.18 bits per heavy atom. The number of nitrogens with zero attached hydrogens (tertiary/aromatic N) is 1. The van der Waals surface area contributed by atoms with Gasteiger partial charge in [0.1, 0.15) is 0 Å². The fourth-order valence-electron chi connectivity index (χ4n) is 2.01. The van der Waals surface area contributed by atoms with Gasteiger partial charge in [-0.3, -0.25) is 0 Å². The topological polar surface area (TPSA) is 17.0 Å².